The van der Waals surface area contributed by atoms with Crippen LogP contribution in [-0.4, -0.2) is 34.9 Å². The van der Waals surface area contributed by atoms with Crippen LogP contribution in [0.2, 0.25) is 0 Å². The molecular formula is C8H16N6OS2. The minimum Gasteiger partial charge on any atom is -0.375 e. The van der Waals surface area contributed by atoms with E-state index in [4.69, 9.17) is 16.2 Å². The molecule has 0 aromatic carbocycles. The molecule has 0 aliphatic heterocycles. The van der Waals surface area contributed by atoms with Crippen LogP contribution in [0.4, 0.5) is 0 Å². The first-order chi connectivity index (χ1) is 7.97. The molecule has 0 fully saturated rings. The summed E-state index contributed by atoms with van der Waals surface area (Å²) in [6.45, 7) is 4.24. The summed E-state index contributed by atoms with van der Waals surface area (Å²) in [5.74, 6) is 0. The minimum absolute atomic E-state index is 0.0573. The van der Waals surface area contributed by atoms with Gasteiger partial charge in [0.15, 0.2) is 10.2 Å². The van der Waals surface area contributed by atoms with Crippen LogP contribution < -0.4 is 22.3 Å². The predicted octanol–water partition coefficient (Wildman–Crippen LogP) is -0.580. The molecular weight excluding hydrogens is 260 g/mol. The van der Waals surface area contributed by atoms with Crippen LogP contribution in [0, 0.1) is 0 Å². The van der Waals surface area contributed by atoms with Gasteiger partial charge in [0.25, 0.3) is 0 Å². The van der Waals surface area contributed by atoms with E-state index in [2.05, 4.69) is 45.5 Å². The number of thiocarbonyl (C=S) groups is 2. The Bertz CT molecular complexity index is 330. The van der Waals surface area contributed by atoms with Gasteiger partial charge in [-0.2, -0.15) is 10.2 Å². The lowest BCUT2D eigenvalue weighted by Gasteiger charge is -2.11. The first-order valence-electron chi connectivity index (χ1n) is 4.80. The smallest absolute Gasteiger partial charge is 0.184 e. The number of hydrazone groups is 2. The van der Waals surface area contributed by atoms with Gasteiger partial charge in [0.05, 0.1) is 6.21 Å². The number of ether oxygens (including phenoxy) is 1. The highest BCUT2D eigenvalue weighted by Gasteiger charge is 2.08. The molecule has 17 heavy (non-hydrogen) atoms. The molecule has 9 heteroatoms. The van der Waals surface area contributed by atoms with Gasteiger partial charge in [-0.3, -0.25) is 10.9 Å². The van der Waals surface area contributed by atoms with Gasteiger partial charge in [0.2, 0.25) is 0 Å². The van der Waals surface area contributed by atoms with Crippen LogP contribution in [0.15, 0.2) is 10.2 Å². The Hall–Kier alpha value is -1.32. The molecule has 0 heterocycles. The van der Waals surface area contributed by atoms with Gasteiger partial charge < -0.3 is 16.2 Å². The third-order valence-electron chi connectivity index (χ3n) is 1.50. The molecule has 0 saturated carbocycles. The lowest BCUT2D eigenvalue weighted by Crippen LogP contribution is -2.31. The molecule has 96 valence electrons. The van der Waals surface area contributed by atoms with Crippen LogP contribution in [0.5, 0.6) is 0 Å². The molecule has 1 unspecified atom stereocenters. The summed E-state index contributed by atoms with van der Waals surface area (Å²) in [4.78, 5) is 0. The predicted molar refractivity (Wildman–Crippen MR) is 76.9 cm³/mol. The van der Waals surface area contributed by atoms with Crippen molar-refractivity contribution in [2.24, 2.45) is 21.7 Å². The van der Waals surface area contributed by atoms with E-state index in [0.717, 1.165) is 0 Å². The second kappa shape index (κ2) is 8.79. The Balaban J connectivity index is 4.60. The maximum Gasteiger partial charge on any atom is 0.184 e. The zero-order chi connectivity index (χ0) is 13.3. The van der Waals surface area contributed by atoms with Crippen molar-refractivity contribution in [2.45, 2.75) is 20.0 Å². The standard InChI is InChI=1S/C8H16N6OS2/c1-3-15-5(2)6(12-14-8(10)17)4-11-13-7(9)16/h4-5H,3H2,1-2H3,(H3,9,13,16)(H3,10,14,17)/b11-4+,12-6?. The van der Waals surface area contributed by atoms with Gasteiger partial charge in [-0.1, -0.05) is 0 Å². The Kier molecular flexibility index (Phi) is 8.11. The maximum absolute atomic E-state index is 5.36. The van der Waals surface area contributed by atoms with Crippen molar-refractivity contribution in [1.29, 1.82) is 0 Å². The topological polar surface area (TPSA) is 110 Å². The summed E-state index contributed by atoms with van der Waals surface area (Å²) >= 11 is 9.23. The molecule has 0 rings (SSSR count). The molecule has 0 spiro atoms. The van der Waals surface area contributed by atoms with Crippen molar-refractivity contribution in [3.63, 3.8) is 0 Å². The number of rotatable bonds is 6. The molecule has 1 atom stereocenters. The summed E-state index contributed by atoms with van der Waals surface area (Å²) in [5.41, 5.74) is 15.8. The summed E-state index contributed by atoms with van der Waals surface area (Å²) in [6, 6.07) is 0. The molecule has 6 N–H and O–H groups in total. The van der Waals surface area contributed by atoms with E-state index in [1.807, 2.05) is 13.8 Å². The molecule has 0 aliphatic carbocycles. The Morgan fingerprint density at radius 2 is 1.94 bits per heavy atom. The van der Waals surface area contributed by atoms with Gasteiger partial charge in [0.1, 0.15) is 11.8 Å². The van der Waals surface area contributed by atoms with Crippen molar-refractivity contribution in [3.8, 4) is 0 Å². The summed E-state index contributed by atoms with van der Waals surface area (Å²) in [6.07, 6.45) is 1.16. The van der Waals surface area contributed by atoms with Crippen LogP contribution in [0.25, 0.3) is 0 Å². The fourth-order valence-corrected chi connectivity index (χ4v) is 0.940. The quantitative estimate of drug-likeness (QED) is 0.292. The molecule has 0 radical (unpaired) electrons. The van der Waals surface area contributed by atoms with Gasteiger partial charge in [-0.05, 0) is 38.3 Å². The SMILES string of the molecule is CCOC(C)C(/C=N/NC(N)=S)=NNC(N)=S. The van der Waals surface area contributed by atoms with E-state index < -0.39 is 0 Å². The highest BCUT2D eigenvalue weighted by atomic mass is 32.1. The first kappa shape index (κ1) is 15.7. The average Bonchev–Trinajstić information content (AvgIpc) is 2.22. The fourth-order valence-electron chi connectivity index (χ4n) is 0.842. The van der Waals surface area contributed by atoms with E-state index in [-0.39, 0.29) is 16.3 Å². The number of nitrogens with zero attached hydrogens (tertiary/aromatic N) is 2. The van der Waals surface area contributed by atoms with Crippen molar-refractivity contribution in [2.75, 3.05) is 6.61 Å². The monoisotopic (exact) mass is 276 g/mol. The zero-order valence-corrected chi connectivity index (χ0v) is 11.3. The summed E-state index contributed by atoms with van der Waals surface area (Å²) in [7, 11) is 0. The molecule has 0 bridgehead atoms. The third kappa shape index (κ3) is 8.48. The lowest BCUT2D eigenvalue weighted by molar-refractivity contribution is 0.123. The van der Waals surface area contributed by atoms with Gasteiger partial charge in [0, 0.05) is 6.61 Å². The first-order valence-corrected chi connectivity index (χ1v) is 5.62. The van der Waals surface area contributed by atoms with Crippen LogP contribution in [-0.2, 0) is 4.74 Å². The average molecular weight is 276 g/mol. The number of hydrogen-bond acceptors (Lipinski definition) is 5. The number of nitrogens with one attached hydrogen (secondary N) is 2. The van der Waals surface area contributed by atoms with Gasteiger partial charge in [-0.15, -0.1) is 0 Å². The highest BCUT2D eigenvalue weighted by Crippen LogP contribution is 1.93. The van der Waals surface area contributed by atoms with Crippen molar-refractivity contribution in [3.05, 3.63) is 0 Å². The minimum atomic E-state index is -0.265. The van der Waals surface area contributed by atoms with Gasteiger partial charge >= 0.3 is 0 Å². The largest absolute Gasteiger partial charge is 0.375 e. The van der Waals surface area contributed by atoms with Crippen LogP contribution in [0.1, 0.15) is 13.8 Å². The number of nitrogens with two attached hydrogens (primary N) is 2. The van der Waals surface area contributed by atoms with Crippen molar-refractivity contribution < 1.29 is 4.74 Å². The highest BCUT2D eigenvalue weighted by molar-refractivity contribution is 7.80. The van der Waals surface area contributed by atoms with Crippen molar-refractivity contribution >= 4 is 46.6 Å². The van der Waals surface area contributed by atoms with Crippen LogP contribution in [0.3, 0.4) is 0 Å². The van der Waals surface area contributed by atoms with E-state index in [0.29, 0.717) is 12.3 Å². The molecule has 0 aliphatic rings. The van der Waals surface area contributed by atoms with Gasteiger partial charge in [-0.25, -0.2) is 0 Å². The van der Waals surface area contributed by atoms with E-state index in [1.54, 1.807) is 0 Å². The van der Waals surface area contributed by atoms with E-state index in [1.165, 1.54) is 6.21 Å². The zero-order valence-electron chi connectivity index (χ0n) is 9.64. The summed E-state index contributed by atoms with van der Waals surface area (Å²) in [5, 5.41) is 7.84. The Morgan fingerprint density at radius 3 is 2.41 bits per heavy atom. The van der Waals surface area contributed by atoms with E-state index >= 15 is 0 Å². The number of hydrogen-bond donors (Lipinski definition) is 4. The second-order valence-corrected chi connectivity index (χ2v) is 3.72. The summed E-state index contributed by atoms with van der Waals surface area (Å²) < 4.78 is 5.36. The Morgan fingerprint density at radius 1 is 1.35 bits per heavy atom. The molecule has 0 aromatic rings. The lowest BCUT2D eigenvalue weighted by atomic mass is 10.2. The molecule has 0 amide bonds. The third-order valence-corrected chi connectivity index (χ3v) is 1.68. The fraction of sp³-hybridized carbons (Fsp3) is 0.500. The Labute approximate surface area is 111 Å². The molecule has 7 nitrogen and oxygen atoms in total. The van der Waals surface area contributed by atoms with E-state index in [9.17, 15) is 0 Å². The molecule has 0 aromatic heterocycles. The van der Waals surface area contributed by atoms with Crippen LogP contribution >= 0.6 is 24.4 Å². The normalized spacial score (nSPS) is 13.4. The second-order valence-electron chi connectivity index (χ2n) is 2.84. The maximum atomic E-state index is 5.36. The molecule has 0 saturated heterocycles. The van der Waals surface area contributed by atoms with Crippen molar-refractivity contribution in [1.82, 2.24) is 10.9 Å².